The lowest BCUT2D eigenvalue weighted by molar-refractivity contribution is 0.180. The van der Waals surface area contributed by atoms with E-state index in [1.165, 1.54) is 41.5 Å². The van der Waals surface area contributed by atoms with Gasteiger partial charge in [0.1, 0.15) is 0 Å². The Bertz CT molecular complexity index is 376. The number of halogens is 2. The summed E-state index contributed by atoms with van der Waals surface area (Å²) in [5.74, 6) is 0.748. The molecule has 0 bridgehead atoms. The van der Waals surface area contributed by atoms with Crippen LogP contribution in [0.5, 0.6) is 0 Å². The molecule has 1 aliphatic rings. The quantitative estimate of drug-likeness (QED) is 0.919. The highest BCUT2D eigenvalue weighted by Crippen LogP contribution is 2.21. The van der Waals surface area contributed by atoms with Gasteiger partial charge in [0.2, 0.25) is 0 Å². The number of likely N-dealkylation sites (tertiary alicyclic amines) is 1. The summed E-state index contributed by atoms with van der Waals surface area (Å²) in [6, 6.07) is 6.64. The van der Waals surface area contributed by atoms with Crippen molar-refractivity contribution in [3.8, 4) is 0 Å². The number of rotatable bonds is 3. The molecular formula is C14H22BrClN2. The highest BCUT2D eigenvalue weighted by Gasteiger charge is 2.17. The molecule has 4 heteroatoms. The lowest BCUT2D eigenvalue weighted by Gasteiger charge is -2.31. The summed E-state index contributed by atoms with van der Waals surface area (Å²) >= 11 is 3.54. The van der Waals surface area contributed by atoms with Crippen molar-refractivity contribution in [1.29, 1.82) is 0 Å². The topological polar surface area (TPSA) is 29.3 Å². The Morgan fingerprint density at radius 1 is 1.33 bits per heavy atom. The maximum Gasteiger partial charge on any atom is 0.0233 e. The molecular weight excluding hydrogens is 312 g/mol. The molecule has 0 unspecified atom stereocenters. The molecule has 1 heterocycles. The lowest BCUT2D eigenvalue weighted by atomic mass is 9.97. The van der Waals surface area contributed by atoms with Crippen molar-refractivity contribution in [2.75, 3.05) is 19.6 Å². The van der Waals surface area contributed by atoms with E-state index in [1.54, 1.807) is 0 Å². The molecule has 102 valence electrons. The average molecular weight is 334 g/mol. The third-order valence-electron chi connectivity index (χ3n) is 3.67. The van der Waals surface area contributed by atoms with E-state index in [1.807, 2.05) is 0 Å². The van der Waals surface area contributed by atoms with Crippen LogP contribution in [0, 0.1) is 12.8 Å². The van der Waals surface area contributed by atoms with Gasteiger partial charge in [0.25, 0.3) is 0 Å². The van der Waals surface area contributed by atoms with Gasteiger partial charge in [-0.05, 0) is 62.5 Å². The zero-order valence-corrected chi connectivity index (χ0v) is 13.3. The minimum atomic E-state index is 0. The molecule has 2 rings (SSSR count). The molecule has 2 nitrogen and oxygen atoms in total. The van der Waals surface area contributed by atoms with Gasteiger partial charge in [0.05, 0.1) is 0 Å². The third kappa shape index (κ3) is 4.23. The van der Waals surface area contributed by atoms with E-state index in [2.05, 4.69) is 46.0 Å². The summed E-state index contributed by atoms with van der Waals surface area (Å²) in [7, 11) is 0. The number of nitrogens with zero attached hydrogens (tertiary/aromatic N) is 1. The first-order valence-corrected chi connectivity index (χ1v) is 7.16. The van der Waals surface area contributed by atoms with E-state index >= 15 is 0 Å². The van der Waals surface area contributed by atoms with Crippen LogP contribution in [0.4, 0.5) is 0 Å². The normalized spacial score (nSPS) is 17.5. The number of benzene rings is 1. The van der Waals surface area contributed by atoms with E-state index in [0.717, 1.165) is 19.0 Å². The fourth-order valence-corrected chi connectivity index (χ4v) is 2.69. The molecule has 0 radical (unpaired) electrons. The first-order chi connectivity index (χ1) is 8.19. The van der Waals surface area contributed by atoms with Gasteiger partial charge in [-0.25, -0.2) is 0 Å². The molecule has 1 saturated heterocycles. The number of hydrogen-bond acceptors (Lipinski definition) is 2. The second-order valence-electron chi connectivity index (χ2n) is 5.04. The summed E-state index contributed by atoms with van der Waals surface area (Å²) in [6.45, 7) is 6.46. The van der Waals surface area contributed by atoms with Crippen LogP contribution in [0.2, 0.25) is 0 Å². The smallest absolute Gasteiger partial charge is 0.0233 e. The van der Waals surface area contributed by atoms with Crippen molar-refractivity contribution >= 4 is 28.3 Å². The van der Waals surface area contributed by atoms with Crippen molar-refractivity contribution in [1.82, 2.24) is 4.90 Å². The molecule has 1 fully saturated rings. The molecule has 2 N–H and O–H groups in total. The van der Waals surface area contributed by atoms with Gasteiger partial charge < -0.3 is 5.73 Å². The maximum absolute atomic E-state index is 5.71. The highest BCUT2D eigenvalue weighted by molar-refractivity contribution is 9.10. The molecule has 1 aromatic carbocycles. The Labute approximate surface area is 124 Å². The second kappa shape index (κ2) is 7.49. The molecule has 0 saturated carbocycles. The Morgan fingerprint density at radius 3 is 2.56 bits per heavy atom. The second-order valence-corrected chi connectivity index (χ2v) is 5.89. The Kier molecular flexibility index (Phi) is 6.64. The van der Waals surface area contributed by atoms with E-state index < -0.39 is 0 Å². The van der Waals surface area contributed by atoms with E-state index in [4.69, 9.17) is 5.73 Å². The van der Waals surface area contributed by atoms with Crippen LogP contribution in [-0.2, 0) is 6.54 Å². The van der Waals surface area contributed by atoms with Gasteiger partial charge in [-0.2, -0.15) is 0 Å². The predicted octanol–water partition coefficient (Wildman–Crippen LogP) is 3.35. The molecule has 1 aliphatic heterocycles. The van der Waals surface area contributed by atoms with Crippen LogP contribution < -0.4 is 5.73 Å². The SMILES string of the molecule is Cc1cc(CN2CCC(CN)CC2)ccc1Br.Cl. The minimum absolute atomic E-state index is 0. The number of aryl methyl sites for hydroxylation is 1. The molecule has 0 amide bonds. The standard InChI is InChI=1S/C14H21BrN2.ClH/c1-11-8-13(2-3-14(11)15)10-17-6-4-12(9-16)5-7-17;/h2-3,8,12H,4-7,9-10,16H2,1H3;1H. The summed E-state index contributed by atoms with van der Waals surface area (Å²) in [4.78, 5) is 2.54. The van der Waals surface area contributed by atoms with Crippen LogP contribution in [-0.4, -0.2) is 24.5 Å². The van der Waals surface area contributed by atoms with Crippen LogP contribution in [0.3, 0.4) is 0 Å². The fourth-order valence-electron chi connectivity index (χ4n) is 2.44. The zero-order chi connectivity index (χ0) is 12.3. The first-order valence-electron chi connectivity index (χ1n) is 6.36. The predicted molar refractivity (Wildman–Crippen MR) is 83.2 cm³/mol. The van der Waals surface area contributed by atoms with Gasteiger partial charge in [-0.15, -0.1) is 12.4 Å². The molecule has 0 aliphatic carbocycles. The third-order valence-corrected chi connectivity index (χ3v) is 4.56. The van der Waals surface area contributed by atoms with Crippen LogP contribution in [0.1, 0.15) is 24.0 Å². The zero-order valence-electron chi connectivity index (χ0n) is 10.9. The van der Waals surface area contributed by atoms with Gasteiger partial charge in [0.15, 0.2) is 0 Å². The van der Waals surface area contributed by atoms with Gasteiger partial charge in [-0.3, -0.25) is 4.90 Å². The first kappa shape index (κ1) is 16.0. The van der Waals surface area contributed by atoms with Crippen LogP contribution >= 0.6 is 28.3 Å². The van der Waals surface area contributed by atoms with E-state index in [9.17, 15) is 0 Å². The molecule has 0 spiro atoms. The molecule has 1 aromatic rings. The number of nitrogens with two attached hydrogens (primary N) is 1. The van der Waals surface area contributed by atoms with Gasteiger partial charge in [-0.1, -0.05) is 28.1 Å². The van der Waals surface area contributed by atoms with Crippen molar-refractivity contribution in [3.05, 3.63) is 33.8 Å². The Morgan fingerprint density at radius 2 is 2.00 bits per heavy atom. The van der Waals surface area contributed by atoms with E-state index in [0.29, 0.717) is 0 Å². The van der Waals surface area contributed by atoms with Crippen molar-refractivity contribution in [2.24, 2.45) is 11.7 Å². The summed E-state index contributed by atoms with van der Waals surface area (Å²) in [6.07, 6.45) is 2.51. The lowest BCUT2D eigenvalue weighted by Crippen LogP contribution is -2.35. The molecule has 18 heavy (non-hydrogen) atoms. The van der Waals surface area contributed by atoms with Crippen molar-refractivity contribution in [3.63, 3.8) is 0 Å². The van der Waals surface area contributed by atoms with Crippen molar-refractivity contribution < 1.29 is 0 Å². The largest absolute Gasteiger partial charge is 0.330 e. The number of piperidine rings is 1. The van der Waals surface area contributed by atoms with Gasteiger partial charge >= 0.3 is 0 Å². The van der Waals surface area contributed by atoms with Gasteiger partial charge in [0, 0.05) is 11.0 Å². The van der Waals surface area contributed by atoms with E-state index in [-0.39, 0.29) is 12.4 Å². The Balaban J connectivity index is 0.00000162. The summed E-state index contributed by atoms with van der Waals surface area (Å²) in [5, 5.41) is 0. The van der Waals surface area contributed by atoms with Crippen LogP contribution in [0.25, 0.3) is 0 Å². The molecule has 0 aromatic heterocycles. The Hall–Kier alpha value is -0.0900. The summed E-state index contributed by atoms with van der Waals surface area (Å²) in [5.41, 5.74) is 8.45. The van der Waals surface area contributed by atoms with Crippen LogP contribution in [0.15, 0.2) is 22.7 Å². The number of hydrogen-bond donors (Lipinski definition) is 1. The monoisotopic (exact) mass is 332 g/mol. The summed E-state index contributed by atoms with van der Waals surface area (Å²) < 4.78 is 1.20. The van der Waals surface area contributed by atoms with Crippen molar-refractivity contribution in [2.45, 2.75) is 26.3 Å². The average Bonchev–Trinajstić information content (AvgIpc) is 2.35. The minimum Gasteiger partial charge on any atom is -0.330 e. The maximum atomic E-state index is 5.71. The molecule has 0 atom stereocenters. The fraction of sp³-hybridized carbons (Fsp3) is 0.571. The highest BCUT2D eigenvalue weighted by atomic mass is 79.9.